The van der Waals surface area contributed by atoms with Crippen molar-refractivity contribution in [2.75, 3.05) is 13.1 Å². The second kappa shape index (κ2) is 7.65. The second-order valence-corrected chi connectivity index (χ2v) is 7.39. The molecule has 0 spiro atoms. The number of nitrogens with zero attached hydrogens (tertiary/aromatic N) is 1. The van der Waals surface area contributed by atoms with E-state index in [1.807, 2.05) is 30.3 Å². The van der Waals surface area contributed by atoms with Gasteiger partial charge < -0.3 is 0 Å². The summed E-state index contributed by atoms with van der Waals surface area (Å²) >= 11 is 0. The van der Waals surface area contributed by atoms with Crippen LogP contribution in [-0.4, -0.2) is 23.9 Å². The molecule has 1 heterocycles. The number of rotatable bonds is 5. The SMILES string of the molecule is Cc1ccc(CN2CCC(F)(F)C(CCc3ccccc3)C2)cc1C. The average Bonchev–Trinajstić information content (AvgIpc) is 2.59. The monoisotopic (exact) mass is 343 g/mol. The van der Waals surface area contributed by atoms with Gasteiger partial charge in [-0.05, 0) is 48.9 Å². The maximum atomic E-state index is 14.4. The number of halogens is 2. The van der Waals surface area contributed by atoms with E-state index in [9.17, 15) is 8.78 Å². The van der Waals surface area contributed by atoms with Gasteiger partial charge >= 0.3 is 0 Å². The molecule has 0 aliphatic carbocycles. The van der Waals surface area contributed by atoms with Crippen LogP contribution in [0, 0.1) is 19.8 Å². The number of likely N-dealkylation sites (tertiary alicyclic amines) is 1. The Morgan fingerprint density at radius 1 is 1.00 bits per heavy atom. The zero-order valence-electron chi connectivity index (χ0n) is 15.1. The summed E-state index contributed by atoms with van der Waals surface area (Å²) < 4.78 is 28.7. The van der Waals surface area contributed by atoms with Crippen LogP contribution >= 0.6 is 0 Å². The molecule has 0 bridgehead atoms. The molecule has 1 aliphatic rings. The molecule has 1 fully saturated rings. The van der Waals surface area contributed by atoms with Crippen LogP contribution in [0.1, 0.15) is 35.1 Å². The fourth-order valence-corrected chi connectivity index (χ4v) is 3.64. The first kappa shape index (κ1) is 18.1. The zero-order chi connectivity index (χ0) is 17.9. The number of aryl methyl sites for hydroxylation is 3. The summed E-state index contributed by atoms with van der Waals surface area (Å²) in [7, 11) is 0. The first-order chi connectivity index (χ1) is 11.9. The van der Waals surface area contributed by atoms with E-state index in [4.69, 9.17) is 0 Å². The molecule has 0 radical (unpaired) electrons. The molecular weight excluding hydrogens is 316 g/mol. The van der Waals surface area contributed by atoms with Crippen LogP contribution in [0.15, 0.2) is 48.5 Å². The molecular formula is C22H27F2N. The van der Waals surface area contributed by atoms with Gasteiger partial charge in [-0.2, -0.15) is 0 Å². The van der Waals surface area contributed by atoms with Crippen molar-refractivity contribution in [1.82, 2.24) is 4.90 Å². The number of hydrogen-bond donors (Lipinski definition) is 0. The maximum absolute atomic E-state index is 14.4. The minimum absolute atomic E-state index is 0.0305. The Hall–Kier alpha value is -1.74. The number of hydrogen-bond acceptors (Lipinski definition) is 1. The smallest absolute Gasteiger partial charge is 0.253 e. The van der Waals surface area contributed by atoms with Crippen LogP contribution in [0.5, 0.6) is 0 Å². The zero-order valence-corrected chi connectivity index (χ0v) is 15.1. The van der Waals surface area contributed by atoms with Crippen LogP contribution in [0.3, 0.4) is 0 Å². The second-order valence-electron chi connectivity index (χ2n) is 7.39. The lowest BCUT2D eigenvalue weighted by molar-refractivity contribution is -0.109. The van der Waals surface area contributed by atoms with E-state index in [1.165, 1.54) is 16.7 Å². The highest BCUT2D eigenvalue weighted by atomic mass is 19.3. The molecule has 1 nitrogen and oxygen atoms in total. The van der Waals surface area contributed by atoms with Gasteiger partial charge in [0.1, 0.15) is 0 Å². The molecule has 25 heavy (non-hydrogen) atoms. The minimum Gasteiger partial charge on any atom is -0.298 e. The molecule has 3 heteroatoms. The van der Waals surface area contributed by atoms with Crippen LogP contribution in [0.25, 0.3) is 0 Å². The van der Waals surface area contributed by atoms with Crippen LogP contribution in [-0.2, 0) is 13.0 Å². The third-order valence-electron chi connectivity index (χ3n) is 5.44. The van der Waals surface area contributed by atoms with Gasteiger partial charge in [-0.25, -0.2) is 8.78 Å². The molecule has 3 rings (SSSR count). The molecule has 0 N–H and O–H groups in total. The highest BCUT2D eigenvalue weighted by Crippen LogP contribution is 2.36. The van der Waals surface area contributed by atoms with Gasteiger partial charge in [0.2, 0.25) is 0 Å². The van der Waals surface area contributed by atoms with E-state index in [1.54, 1.807) is 0 Å². The quantitative estimate of drug-likeness (QED) is 0.703. The van der Waals surface area contributed by atoms with Gasteiger partial charge in [-0.1, -0.05) is 48.5 Å². The Balaban J connectivity index is 1.62. The summed E-state index contributed by atoms with van der Waals surface area (Å²) in [6, 6.07) is 16.4. The predicted molar refractivity (Wildman–Crippen MR) is 99.0 cm³/mol. The minimum atomic E-state index is -2.55. The topological polar surface area (TPSA) is 3.24 Å². The summed E-state index contributed by atoms with van der Waals surface area (Å²) in [5, 5.41) is 0. The van der Waals surface area contributed by atoms with Gasteiger partial charge in [0, 0.05) is 32.0 Å². The molecule has 1 unspecified atom stereocenters. The average molecular weight is 343 g/mol. The Kier molecular flexibility index (Phi) is 5.53. The largest absolute Gasteiger partial charge is 0.298 e. The van der Waals surface area contributed by atoms with Gasteiger partial charge in [0.15, 0.2) is 0 Å². The van der Waals surface area contributed by atoms with E-state index < -0.39 is 11.8 Å². The fourth-order valence-electron chi connectivity index (χ4n) is 3.64. The Labute approximate surface area is 149 Å². The number of alkyl halides is 2. The van der Waals surface area contributed by atoms with Crippen LogP contribution in [0.4, 0.5) is 8.78 Å². The molecule has 1 atom stereocenters. The van der Waals surface area contributed by atoms with E-state index in [0.717, 1.165) is 18.5 Å². The fraction of sp³-hybridized carbons (Fsp3) is 0.455. The first-order valence-electron chi connectivity index (χ1n) is 9.14. The maximum Gasteiger partial charge on any atom is 0.253 e. The third kappa shape index (κ3) is 4.66. The Bertz CT molecular complexity index is 696. The van der Waals surface area contributed by atoms with Crippen molar-refractivity contribution in [3.8, 4) is 0 Å². The Morgan fingerprint density at radius 2 is 1.76 bits per heavy atom. The van der Waals surface area contributed by atoms with Crippen molar-refractivity contribution in [3.05, 3.63) is 70.8 Å². The van der Waals surface area contributed by atoms with Crippen LogP contribution in [0.2, 0.25) is 0 Å². The Morgan fingerprint density at radius 3 is 2.48 bits per heavy atom. The predicted octanol–water partition coefficient (Wildman–Crippen LogP) is 5.39. The van der Waals surface area contributed by atoms with Crippen molar-refractivity contribution < 1.29 is 8.78 Å². The summed E-state index contributed by atoms with van der Waals surface area (Å²) in [5.41, 5.74) is 4.90. The van der Waals surface area contributed by atoms with Crippen molar-refractivity contribution in [3.63, 3.8) is 0 Å². The first-order valence-corrected chi connectivity index (χ1v) is 9.14. The third-order valence-corrected chi connectivity index (χ3v) is 5.44. The van der Waals surface area contributed by atoms with Crippen molar-refractivity contribution in [2.24, 2.45) is 5.92 Å². The van der Waals surface area contributed by atoms with Gasteiger partial charge in [0.05, 0.1) is 0 Å². The standard InChI is InChI=1S/C22H27F2N/c1-17-8-9-20(14-18(17)2)15-25-13-12-22(23,24)21(16-25)11-10-19-6-4-3-5-7-19/h3-9,14,21H,10-13,15-16H2,1-2H3. The lowest BCUT2D eigenvalue weighted by atomic mass is 9.88. The van der Waals surface area contributed by atoms with Gasteiger partial charge in [-0.3, -0.25) is 4.90 Å². The van der Waals surface area contributed by atoms with E-state index in [2.05, 4.69) is 36.9 Å². The van der Waals surface area contributed by atoms with E-state index in [-0.39, 0.29) is 6.42 Å². The molecule has 0 amide bonds. The van der Waals surface area contributed by atoms with Crippen molar-refractivity contribution in [2.45, 2.75) is 45.6 Å². The molecule has 1 aliphatic heterocycles. The lowest BCUT2D eigenvalue weighted by Crippen LogP contribution is -2.46. The van der Waals surface area contributed by atoms with Crippen LogP contribution < -0.4 is 0 Å². The van der Waals surface area contributed by atoms with Gasteiger partial charge in [0.25, 0.3) is 5.92 Å². The molecule has 2 aromatic rings. The molecule has 0 saturated carbocycles. The molecule has 2 aromatic carbocycles. The lowest BCUT2D eigenvalue weighted by Gasteiger charge is -2.38. The molecule has 134 valence electrons. The summed E-state index contributed by atoms with van der Waals surface area (Å²) in [5.74, 6) is -3.11. The van der Waals surface area contributed by atoms with Crippen molar-refractivity contribution in [1.29, 1.82) is 0 Å². The number of benzene rings is 2. The summed E-state index contributed by atoms with van der Waals surface area (Å²) in [6.07, 6.45) is 1.23. The highest BCUT2D eigenvalue weighted by molar-refractivity contribution is 5.29. The van der Waals surface area contributed by atoms with E-state index in [0.29, 0.717) is 19.5 Å². The normalized spacial score (nSPS) is 20.6. The highest BCUT2D eigenvalue weighted by Gasteiger charge is 2.43. The number of piperidine rings is 1. The summed E-state index contributed by atoms with van der Waals surface area (Å²) in [4.78, 5) is 2.19. The van der Waals surface area contributed by atoms with Crippen molar-refractivity contribution >= 4 is 0 Å². The van der Waals surface area contributed by atoms with Gasteiger partial charge in [-0.15, -0.1) is 0 Å². The summed E-state index contributed by atoms with van der Waals surface area (Å²) in [6.45, 7) is 5.92. The van der Waals surface area contributed by atoms with E-state index >= 15 is 0 Å². The molecule has 0 aromatic heterocycles. The molecule has 1 saturated heterocycles.